The van der Waals surface area contributed by atoms with Crippen LogP contribution in [-0.4, -0.2) is 31.2 Å². The van der Waals surface area contributed by atoms with Crippen molar-refractivity contribution < 1.29 is 13.9 Å². The second-order valence-electron chi connectivity index (χ2n) is 5.18. The maximum absolute atomic E-state index is 13.7. The Kier molecular flexibility index (Phi) is 2.83. The molecule has 6 heteroatoms. The highest BCUT2D eigenvalue weighted by Crippen LogP contribution is 2.44. The Labute approximate surface area is 119 Å². The number of hydrogen-bond donors (Lipinski definition) is 1. The molecule has 0 radical (unpaired) electrons. The van der Waals surface area contributed by atoms with E-state index < -0.39 is 5.54 Å². The lowest BCUT2D eigenvalue weighted by Crippen LogP contribution is -2.54. The van der Waals surface area contributed by atoms with Crippen molar-refractivity contribution in [2.75, 3.05) is 23.9 Å². The number of methoxy groups -OCH3 is 1. The summed E-state index contributed by atoms with van der Waals surface area (Å²) in [5.74, 6) is -0.406. The van der Waals surface area contributed by atoms with Crippen molar-refractivity contribution in [3.63, 3.8) is 0 Å². The van der Waals surface area contributed by atoms with Crippen LogP contribution in [0.25, 0.3) is 0 Å². The third kappa shape index (κ3) is 1.77. The quantitative estimate of drug-likeness (QED) is 0.861. The number of anilines is 2. The fraction of sp³-hybridized carbons (Fsp3) is 0.462. The van der Waals surface area contributed by atoms with Crippen LogP contribution in [0.3, 0.4) is 0 Å². The average molecular weight is 329 g/mol. The second kappa shape index (κ2) is 4.18. The Hall–Kier alpha value is -1.14. The number of nitrogens with zero attached hydrogens (tertiary/aromatic N) is 1. The van der Waals surface area contributed by atoms with Gasteiger partial charge in [-0.25, -0.2) is 4.39 Å². The van der Waals surface area contributed by atoms with Crippen molar-refractivity contribution in [3.05, 3.63) is 22.4 Å². The Morgan fingerprint density at radius 2 is 2.32 bits per heavy atom. The molecule has 2 aliphatic rings. The zero-order valence-electron chi connectivity index (χ0n) is 10.7. The molecule has 0 saturated carbocycles. The molecule has 2 aliphatic heterocycles. The smallest absolute Gasteiger partial charge is 0.250 e. The van der Waals surface area contributed by atoms with Crippen LogP contribution in [0.15, 0.2) is 16.6 Å². The molecule has 0 spiro atoms. The van der Waals surface area contributed by atoms with E-state index in [2.05, 4.69) is 21.2 Å². The van der Waals surface area contributed by atoms with Crippen molar-refractivity contribution in [3.8, 4) is 0 Å². The number of amides is 1. The van der Waals surface area contributed by atoms with Gasteiger partial charge in [-0.2, -0.15) is 0 Å². The molecule has 0 aliphatic carbocycles. The molecule has 2 atom stereocenters. The predicted molar refractivity (Wildman–Crippen MR) is 73.9 cm³/mol. The number of carbonyl (C=O) groups excluding carboxylic acids is 1. The van der Waals surface area contributed by atoms with Crippen molar-refractivity contribution in [2.24, 2.45) is 0 Å². The normalized spacial score (nSPS) is 28.9. The number of fused-ring (bicyclic) bond motifs is 3. The Balaban J connectivity index is 2.12. The van der Waals surface area contributed by atoms with Gasteiger partial charge in [0.1, 0.15) is 11.4 Å². The maximum Gasteiger partial charge on any atom is 0.250 e. The van der Waals surface area contributed by atoms with Gasteiger partial charge in [-0.05, 0) is 28.9 Å². The van der Waals surface area contributed by atoms with Crippen LogP contribution in [0, 0.1) is 5.82 Å². The first-order valence-corrected chi connectivity index (χ1v) is 6.86. The summed E-state index contributed by atoms with van der Waals surface area (Å²) in [5, 5.41) is 2.85. The Morgan fingerprint density at radius 3 is 3.00 bits per heavy atom. The lowest BCUT2D eigenvalue weighted by molar-refractivity contribution is -0.121. The van der Waals surface area contributed by atoms with Crippen molar-refractivity contribution in [2.45, 2.75) is 25.0 Å². The van der Waals surface area contributed by atoms with Gasteiger partial charge in [0.05, 0.1) is 22.0 Å². The summed E-state index contributed by atoms with van der Waals surface area (Å²) in [7, 11) is 1.63. The first-order valence-electron chi connectivity index (χ1n) is 6.06. The van der Waals surface area contributed by atoms with Crippen molar-refractivity contribution in [1.82, 2.24) is 0 Å². The van der Waals surface area contributed by atoms with Crippen LogP contribution < -0.4 is 10.2 Å². The number of hydrogen-bond acceptors (Lipinski definition) is 3. The van der Waals surface area contributed by atoms with Gasteiger partial charge in [0.15, 0.2) is 0 Å². The summed E-state index contributed by atoms with van der Waals surface area (Å²) >= 11 is 3.14. The third-order valence-corrected chi connectivity index (χ3v) is 4.61. The molecule has 4 nitrogen and oxygen atoms in total. The van der Waals surface area contributed by atoms with E-state index in [9.17, 15) is 9.18 Å². The monoisotopic (exact) mass is 328 g/mol. The van der Waals surface area contributed by atoms with Crippen LogP contribution in [-0.2, 0) is 9.53 Å². The zero-order valence-corrected chi connectivity index (χ0v) is 12.3. The largest absolute Gasteiger partial charge is 0.380 e. The van der Waals surface area contributed by atoms with E-state index in [1.165, 1.54) is 6.07 Å². The molecule has 3 rings (SSSR count). The van der Waals surface area contributed by atoms with E-state index in [0.29, 0.717) is 28.8 Å². The number of benzene rings is 1. The molecule has 0 unspecified atom stereocenters. The highest BCUT2D eigenvalue weighted by atomic mass is 79.9. The van der Waals surface area contributed by atoms with Crippen LogP contribution in [0.2, 0.25) is 0 Å². The maximum atomic E-state index is 13.7. The van der Waals surface area contributed by atoms with Crippen LogP contribution in [0.4, 0.5) is 15.8 Å². The molecule has 1 aromatic rings. The fourth-order valence-corrected chi connectivity index (χ4v) is 3.22. The Bertz CT molecular complexity index is 566. The van der Waals surface area contributed by atoms with Gasteiger partial charge < -0.3 is 15.0 Å². The molecule has 102 valence electrons. The van der Waals surface area contributed by atoms with Gasteiger partial charge in [0.25, 0.3) is 0 Å². The van der Waals surface area contributed by atoms with Crippen LogP contribution in [0.1, 0.15) is 13.3 Å². The van der Waals surface area contributed by atoms with E-state index in [4.69, 9.17) is 4.74 Å². The van der Waals surface area contributed by atoms with Gasteiger partial charge >= 0.3 is 0 Å². The standard InChI is InChI=1S/C13H14BrFN2O2/c1-13-5-7(19-2)6-17(13)11-4-9(15)8(14)3-10(11)16-12(13)18/h3-4,7H,5-6H2,1-2H3,(H,16,18)/t7-,13+/m1/s1. The highest BCUT2D eigenvalue weighted by molar-refractivity contribution is 9.10. The molecule has 1 N–H and O–H groups in total. The predicted octanol–water partition coefficient (Wildman–Crippen LogP) is 2.52. The van der Waals surface area contributed by atoms with Gasteiger partial charge in [0.2, 0.25) is 5.91 Å². The molecular formula is C13H14BrFN2O2. The van der Waals surface area contributed by atoms with E-state index in [1.54, 1.807) is 13.2 Å². The number of carbonyl (C=O) groups is 1. The number of halogens is 2. The second-order valence-corrected chi connectivity index (χ2v) is 6.04. The average Bonchev–Trinajstić information content (AvgIpc) is 2.72. The summed E-state index contributed by atoms with van der Waals surface area (Å²) in [6, 6.07) is 3.05. The molecule has 19 heavy (non-hydrogen) atoms. The molecule has 1 fully saturated rings. The van der Waals surface area contributed by atoms with E-state index in [1.807, 2.05) is 11.8 Å². The van der Waals surface area contributed by atoms with Gasteiger partial charge in [-0.1, -0.05) is 0 Å². The molecule has 0 bridgehead atoms. The molecular weight excluding hydrogens is 315 g/mol. The molecule has 1 amide bonds. The summed E-state index contributed by atoms with van der Waals surface area (Å²) in [6.07, 6.45) is 0.584. The van der Waals surface area contributed by atoms with E-state index in [-0.39, 0.29) is 17.8 Å². The fourth-order valence-electron chi connectivity index (χ4n) is 2.88. The van der Waals surface area contributed by atoms with E-state index in [0.717, 1.165) is 0 Å². The van der Waals surface area contributed by atoms with Gasteiger partial charge in [0, 0.05) is 26.1 Å². The SMILES string of the molecule is CO[C@H]1CN2c3cc(F)c(Br)cc3NC(=O)[C@]2(C)C1. The molecule has 1 aromatic carbocycles. The summed E-state index contributed by atoms with van der Waals surface area (Å²) in [6.45, 7) is 2.46. The Morgan fingerprint density at radius 1 is 1.58 bits per heavy atom. The van der Waals surface area contributed by atoms with Gasteiger partial charge in [-0.15, -0.1) is 0 Å². The minimum Gasteiger partial charge on any atom is -0.380 e. The lowest BCUT2D eigenvalue weighted by Gasteiger charge is -2.40. The first kappa shape index (κ1) is 12.9. The molecule has 2 heterocycles. The third-order valence-electron chi connectivity index (χ3n) is 4.01. The zero-order chi connectivity index (χ0) is 13.8. The number of ether oxygens (including phenoxy) is 1. The van der Waals surface area contributed by atoms with Crippen LogP contribution in [0.5, 0.6) is 0 Å². The summed E-state index contributed by atoms with van der Waals surface area (Å²) in [4.78, 5) is 14.2. The summed E-state index contributed by atoms with van der Waals surface area (Å²) in [5.41, 5.74) is 0.670. The topological polar surface area (TPSA) is 41.6 Å². The van der Waals surface area contributed by atoms with Gasteiger partial charge in [-0.3, -0.25) is 4.79 Å². The first-order chi connectivity index (χ1) is 8.95. The molecule has 0 aromatic heterocycles. The number of nitrogens with one attached hydrogen (secondary N) is 1. The van der Waals surface area contributed by atoms with Crippen LogP contribution >= 0.6 is 15.9 Å². The lowest BCUT2D eigenvalue weighted by atomic mass is 9.93. The van der Waals surface area contributed by atoms with Crippen molar-refractivity contribution in [1.29, 1.82) is 0 Å². The molecule has 1 saturated heterocycles. The van der Waals surface area contributed by atoms with Crippen molar-refractivity contribution >= 4 is 33.2 Å². The minimum absolute atomic E-state index is 0.0200. The van der Waals surface area contributed by atoms with E-state index >= 15 is 0 Å². The minimum atomic E-state index is -0.673. The number of rotatable bonds is 1. The highest BCUT2D eigenvalue weighted by Gasteiger charge is 2.51. The summed E-state index contributed by atoms with van der Waals surface area (Å²) < 4.78 is 19.5.